The summed E-state index contributed by atoms with van der Waals surface area (Å²) in [5.41, 5.74) is 1.42. The third-order valence-electron chi connectivity index (χ3n) is 2.61. The highest BCUT2D eigenvalue weighted by Crippen LogP contribution is 2.16. The van der Waals surface area contributed by atoms with Gasteiger partial charge < -0.3 is 10.6 Å². The van der Waals surface area contributed by atoms with Crippen LogP contribution in [0.4, 0.5) is 10.1 Å². The first-order valence-corrected chi connectivity index (χ1v) is 6.28. The van der Waals surface area contributed by atoms with Crippen LogP contribution in [0.2, 0.25) is 0 Å². The van der Waals surface area contributed by atoms with Crippen LogP contribution in [0.5, 0.6) is 0 Å². The van der Waals surface area contributed by atoms with Crippen molar-refractivity contribution in [2.24, 2.45) is 0 Å². The van der Waals surface area contributed by atoms with Crippen molar-refractivity contribution in [1.29, 1.82) is 0 Å². The van der Waals surface area contributed by atoms with Crippen molar-refractivity contribution in [3.05, 3.63) is 29.6 Å². The number of amides is 1. The molecule has 0 aliphatic rings. The molecule has 0 saturated heterocycles. The van der Waals surface area contributed by atoms with E-state index >= 15 is 0 Å². The third-order valence-corrected chi connectivity index (χ3v) is 2.61. The second-order valence-corrected chi connectivity index (χ2v) is 4.72. The number of halogens is 1. The Morgan fingerprint density at radius 2 is 2.11 bits per heavy atom. The number of aryl methyl sites for hydroxylation is 1. The average molecular weight is 252 g/mol. The largest absolute Gasteiger partial charge is 0.326 e. The lowest BCUT2D eigenvalue weighted by atomic mass is 10.2. The molecule has 1 aromatic carbocycles. The lowest BCUT2D eigenvalue weighted by molar-refractivity contribution is -0.116. The van der Waals surface area contributed by atoms with Crippen molar-refractivity contribution in [1.82, 2.24) is 5.32 Å². The molecule has 0 radical (unpaired) electrons. The fraction of sp³-hybridized carbons (Fsp3) is 0.500. The zero-order valence-corrected chi connectivity index (χ0v) is 11.2. The van der Waals surface area contributed by atoms with Crippen molar-refractivity contribution in [3.8, 4) is 0 Å². The number of anilines is 1. The standard InChI is InChI=1S/C14H21FN2O/c1-10(2)16-8-4-5-14(18)17-13-9-12(15)7-6-11(13)3/h6-7,9-10,16H,4-5,8H2,1-3H3,(H,17,18). The van der Waals surface area contributed by atoms with Crippen LogP contribution in [-0.4, -0.2) is 18.5 Å². The molecule has 0 saturated carbocycles. The van der Waals surface area contributed by atoms with Gasteiger partial charge in [-0.2, -0.15) is 0 Å². The van der Waals surface area contributed by atoms with Crippen LogP contribution >= 0.6 is 0 Å². The molecule has 2 N–H and O–H groups in total. The minimum atomic E-state index is -0.336. The molecule has 0 unspecified atom stereocenters. The van der Waals surface area contributed by atoms with Gasteiger partial charge in [0.2, 0.25) is 5.91 Å². The van der Waals surface area contributed by atoms with Gasteiger partial charge in [-0.05, 0) is 37.6 Å². The van der Waals surface area contributed by atoms with Crippen LogP contribution in [0.15, 0.2) is 18.2 Å². The highest BCUT2D eigenvalue weighted by atomic mass is 19.1. The molecule has 4 heteroatoms. The average Bonchev–Trinajstić information content (AvgIpc) is 2.29. The maximum absolute atomic E-state index is 13.0. The maximum atomic E-state index is 13.0. The second kappa shape index (κ2) is 7.11. The molecule has 0 aliphatic carbocycles. The maximum Gasteiger partial charge on any atom is 0.224 e. The van der Waals surface area contributed by atoms with Gasteiger partial charge in [0.15, 0.2) is 0 Å². The van der Waals surface area contributed by atoms with Crippen LogP contribution in [0, 0.1) is 12.7 Å². The number of rotatable bonds is 6. The zero-order chi connectivity index (χ0) is 13.5. The fourth-order valence-electron chi connectivity index (χ4n) is 1.58. The van der Waals surface area contributed by atoms with E-state index in [1.165, 1.54) is 12.1 Å². The van der Waals surface area contributed by atoms with Gasteiger partial charge in [0.1, 0.15) is 5.82 Å². The Morgan fingerprint density at radius 1 is 1.39 bits per heavy atom. The molecule has 3 nitrogen and oxygen atoms in total. The molecule has 1 amide bonds. The molecule has 18 heavy (non-hydrogen) atoms. The summed E-state index contributed by atoms with van der Waals surface area (Å²) in [4.78, 5) is 11.7. The lowest BCUT2D eigenvalue weighted by Gasteiger charge is -2.10. The van der Waals surface area contributed by atoms with Crippen molar-refractivity contribution < 1.29 is 9.18 Å². The zero-order valence-electron chi connectivity index (χ0n) is 11.2. The van der Waals surface area contributed by atoms with E-state index in [1.807, 2.05) is 6.92 Å². The van der Waals surface area contributed by atoms with Crippen LogP contribution in [-0.2, 0) is 4.79 Å². The number of nitrogens with one attached hydrogen (secondary N) is 2. The van der Waals surface area contributed by atoms with E-state index in [9.17, 15) is 9.18 Å². The number of carbonyl (C=O) groups is 1. The van der Waals surface area contributed by atoms with Gasteiger partial charge in [0.25, 0.3) is 0 Å². The molecule has 0 spiro atoms. The Morgan fingerprint density at radius 3 is 2.78 bits per heavy atom. The Labute approximate surface area is 108 Å². The summed E-state index contributed by atoms with van der Waals surface area (Å²) in [6, 6.07) is 4.82. The third kappa shape index (κ3) is 5.27. The topological polar surface area (TPSA) is 41.1 Å². The molecule has 0 fully saturated rings. The number of benzene rings is 1. The van der Waals surface area contributed by atoms with E-state index in [1.54, 1.807) is 6.07 Å². The summed E-state index contributed by atoms with van der Waals surface area (Å²) in [6.45, 7) is 6.79. The Balaban J connectivity index is 2.38. The Hall–Kier alpha value is -1.42. The number of hydrogen-bond acceptors (Lipinski definition) is 2. The molecule has 0 heterocycles. The summed E-state index contributed by atoms with van der Waals surface area (Å²) in [5.74, 6) is -0.411. The van der Waals surface area contributed by atoms with Crippen LogP contribution < -0.4 is 10.6 Å². The smallest absolute Gasteiger partial charge is 0.224 e. The van der Waals surface area contributed by atoms with Gasteiger partial charge in [-0.15, -0.1) is 0 Å². The quantitative estimate of drug-likeness (QED) is 0.764. The van der Waals surface area contributed by atoms with Gasteiger partial charge in [0.05, 0.1) is 0 Å². The summed E-state index contributed by atoms with van der Waals surface area (Å²) < 4.78 is 13.0. The normalized spacial score (nSPS) is 10.7. The SMILES string of the molecule is Cc1ccc(F)cc1NC(=O)CCCNC(C)C. The van der Waals surface area contributed by atoms with Crippen LogP contribution in [0.25, 0.3) is 0 Å². The molecule has 1 rings (SSSR count). The predicted molar refractivity (Wildman–Crippen MR) is 72.1 cm³/mol. The molecular formula is C14H21FN2O. The first-order chi connectivity index (χ1) is 8.49. The Bertz CT molecular complexity index is 405. The molecule has 0 aromatic heterocycles. The van der Waals surface area contributed by atoms with Gasteiger partial charge in [-0.3, -0.25) is 4.79 Å². The minimum Gasteiger partial charge on any atom is -0.326 e. The van der Waals surface area contributed by atoms with Crippen molar-refractivity contribution in [2.45, 2.75) is 39.7 Å². The van der Waals surface area contributed by atoms with Gasteiger partial charge in [0, 0.05) is 18.2 Å². The molecule has 0 aliphatic heterocycles. The van der Waals surface area contributed by atoms with E-state index in [2.05, 4.69) is 24.5 Å². The van der Waals surface area contributed by atoms with E-state index in [-0.39, 0.29) is 11.7 Å². The minimum absolute atomic E-state index is 0.0748. The summed E-state index contributed by atoms with van der Waals surface area (Å²) in [5, 5.41) is 5.98. The Kier molecular flexibility index (Phi) is 5.78. The first kappa shape index (κ1) is 14.6. The molecule has 1 aromatic rings. The second-order valence-electron chi connectivity index (χ2n) is 4.72. The monoisotopic (exact) mass is 252 g/mol. The van der Waals surface area contributed by atoms with Crippen molar-refractivity contribution in [2.75, 3.05) is 11.9 Å². The summed E-state index contributed by atoms with van der Waals surface area (Å²) >= 11 is 0. The molecule has 0 atom stereocenters. The highest BCUT2D eigenvalue weighted by molar-refractivity contribution is 5.91. The van der Waals surface area contributed by atoms with Crippen LogP contribution in [0.1, 0.15) is 32.3 Å². The van der Waals surface area contributed by atoms with E-state index in [0.717, 1.165) is 18.5 Å². The van der Waals surface area contributed by atoms with Gasteiger partial charge in [-0.25, -0.2) is 4.39 Å². The van der Waals surface area contributed by atoms with E-state index in [0.29, 0.717) is 18.2 Å². The van der Waals surface area contributed by atoms with E-state index in [4.69, 9.17) is 0 Å². The number of carbonyl (C=O) groups excluding carboxylic acids is 1. The predicted octanol–water partition coefficient (Wildman–Crippen LogP) is 2.85. The van der Waals surface area contributed by atoms with Gasteiger partial charge >= 0.3 is 0 Å². The van der Waals surface area contributed by atoms with Gasteiger partial charge in [-0.1, -0.05) is 19.9 Å². The first-order valence-electron chi connectivity index (χ1n) is 6.28. The molecule has 0 bridgehead atoms. The van der Waals surface area contributed by atoms with Crippen molar-refractivity contribution in [3.63, 3.8) is 0 Å². The lowest BCUT2D eigenvalue weighted by Crippen LogP contribution is -2.24. The summed E-state index contributed by atoms with van der Waals surface area (Å²) in [7, 11) is 0. The molecular weight excluding hydrogens is 231 g/mol. The number of hydrogen-bond donors (Lipinski definition) is 2. The fourth-order valence-corrected chi connectivity index (χ4v) is 1.58. The highest BCUT2D eigenvalue weighted by Gasteiger charge is 2.05. The molecule has 100 valence electrons. The van der Waals surface area contributed by atoms with Crippen LogP contribution in [0.3, 0.4) is 0 Å². The van der Waals surface area contributed by atoms with E-state index < -0.39 is 0 Å². The van der Waals surface area contributed by atoms with Crippen molar-refractivity contribution >= 4 is 11.6 Å². The summed E-state index contributed by atoms with van der Waals surface area (Å²) in [6.07, 6.45) is 1.22.